The normalized spacial score (nSPS) is 30.8. The lowest BCUT2D eigenvalue weighted by Crippen LogP contribution is -2.50. The van der Waals surface area contributed by atoms with E-state index in [1.54, 1.807) is 32.9 Å². The number of carbonyl (C=O) groups excluding carboxylic acids is 4. The zero-order valence-electron chi connectivity index (χ0n) is 31.8. The SMILES string of the molecule is C/C=C/C(=O)C[C@@H]1CC[C@@H](C)[C@@H](CC(=O)NC[C@@H](O)[C@@H](C)C(=O)NCCC[C@H]2O[C@@]3(CCC[C@@H](CC[C@@H](C)/C=C(\C)C(C)=O)O3)CC[C@@H]2C)O1. The van der Waals surface area contributed by atoms with Crippen LogP contribution in [0.25, 0.3) is 0 Å². The standard InChI is InChI=1S/C40H66N2O8/c1-8-11-32(44)23-34-17-15-27(3)37(48-34)24-38(46)42-25-35(45)30(6)39(47)41-21-10-13-36-28(4)18-20-40(50-36)19-9-12-33(49-40)16-14-26(2)22-29(5)31(7)43/h8,11,22,26-28,30,33-37,45H,9-10,12-21,23-25H2,1-7H3,(H,41,47)(H,42,46)/b11-8+,29-22+/t26-,27-,28+,30-,33+,34+,35-,36-,37-,40+/m1/s1. The highest BCUT2D eigenvalue weighted by Gasteiger charge is 2.44. The fourth-order valence-corrected chi connectivity index (χ4v) is 7.46. The molecule has 3 rings (SSSR count). The molecular weight excluding hydrogens is 636 g/mol. The molecule has 0 aromatic heterocycles. The molecule has 2 amide bonds. The summed E-state index contributed by atoms with van der Waals surface area (Å²) in [4.78, 5) is 49.2. The average Bonchev–Trinajstić information content (AvgIpc) is 3.07. The van der Waals surface area contributed by atoms with E-state index in [0.717, 1.165) is 76.2 Å². The molecule has 10 nitrogen and oxygen atoms in total. The summed E-state index contributed by atoms with van der Waals surface area (Å²) >= 11 is 0. The van der Waals surface area contributed by atoms with Crippen LogP contribution in [0.15, 0.2) is 23.8 Å². The number of aliphatic hydroxyl groups is 1. The largest absolute Gasteiger partial charge is 0.390 e. The van der Waals surface area contributed by atoms with Crippen LogP contribution in [0.4, 0.5) is 0 Å². The van der Waals surface area contributed by atoms with Crippen LogP contribution in [-0.2, 0) is 33.4 Å². The number of Topliss-reactive ketones (excluding diaryl/α,β-unsaturated/α-hetero) is 1. The fraction of sp³-hybridized carbons (Fsp3) is 0.800. The first kappa shape index (κ1) is 42.0. The second-order valence-corrected chi connectivity index (χ2v) is 15.5. The Labute approximate surface area is 300 Å². The van der Waals surface area contributed by atoms with Crippen LogP contribution in [0.1, 0.15) is 132 Å². The predicted octanol–water partition coefficient (Wildman–Crippen LogP) is 6.14. The number of ether oxygens (including phenoxy) is 3. The highest BCUT2D eigenvalue weighted by molar-refractivity contribution is 5.92. The van der Waals surface area contributed by atoms with Crippen molar-refractivity contribution in [1.29, 1.82) is 0 Å². The van der Waals surface area contributed by atoms with Crippen molar-refractivity contribution in [3.8, 4) is 0 Å². The number of rotatable bonds is 18. The third-order valence-corrected chi connectivity index (χ3v) is 11.1. The fourth-order valence-electron chi connectivity index (χ4n) is 7.46. The minimum atomic E-state index is -1.02. The van der Waals surface area contributed by atoms with Crippen molar-refractivity contribution >= 4 is 23.4 Å². The van der Waals surface area contributed by atoms with Crippen LogP contribution in [0, 0.1) is 23.7 Å². The molecular formula is C40H66N2O8. The van der Waals surface area contributed by atoms with E-state index in [2.05, 4.69) is 30.6 Å². The molecule has 0 aromatic carbocycles. The van der Waals surface area contributed by atoms with E-state index >= 15 is 0 Å². The second-order valence-electron chi connectivity index (χ2n) is 15.5. The Hall–Kier alpha value is -2.40. The van der Waals surface area contributed by atoms with Gasteiger partial charge < -0.3 is 30.0 Å². The number of hydrogen-bond acceptors (Lipinski definition) is 8. The second kappa shape index (κ2) is 20.6. The molecule has 3 aliphatic heterocycles. The number of carbonyl (C=O) groups is 4. The topological polar surface area (TPSA) is 140 Å². The van der Waals surface area contributed by atoms with Crippen LogP contribution in [-0.4, -0.2) is 77.9 Å². The zero-order valence-corrected chi connectivity index (χ0v) is 31.8. The lowest BCUT2D eigenvalue weighted by molar-refractivity contribution is -0.324. The Morgan fingerprint density at radius 2 is 1.64 bits per heavy atom. The summed E-state index contributed by atoms with van der Waals surface area (Å²) in [6, 6.07) is 0. The van der Waals surface area contributed by atoms with Gasteiger partial charge in [-0.3, -0.25) is 19.2 Å². The van der Waals surface area contributed by atoms with Gasteiger partial charge in [-0.15, -0.1) is 0 Å². The van der Waals surface area contributed by atoms with Gasteiger partial charge in [0.15, 0.2) is 17.4 Å². The van der Waals surface area contributed by atoms with E-state index in [9.17, 15) is 24.3 Å². The van der Waals surface area contributed by atoms with Crippen LogP contribution in [0.5, 0.6) is 0 Å². The van der Waals surface area contributed by atoms with E-state index in [4.69, 9.17) is 14.2 Å². The lowest BCUT2D eigenvalue weighted by atomic mass is 9.85. The molecule has 0 radical (unpaired) electrons. The maximum absolute atomic E-state index is 12.8. The molecule has 3 aliphatic rings. The molecule has 1 spiro atoms. The first-order valence-corrected chi connectivity index (χ1v) is 19.3. The summed E-state index contributed by atoms with van der Waals surface area (Å²) < 4.78 is 19.4. The Balaban J connectivity index is 1.36. The molecule has 0 unspecified atom stereocenters. The Kier molecular flexibility index (Phi) is 17.3. The van der Waals surface area contributed by atoms with Crippen molar-refractivity contribution in [3.05, 3.63) is 23.8 Å². The van der Waals surface area contributed by atoms with E-state index < -0.39 is 17.8 Å². The van der Waals surface area contributed by atoms with Crippen molar-refractivity contribution in [2.75, 3.05) is 13.1 Å². The van der Waals surface area contributed by atoms with Crippen LogP contribution in [0.3, 0.4) is 0 Å². The smallest absolute Gasteiger partial charge is 0.225 e. The van der Waals surface area contributed by atoms with E-state index in [-0.39, 0.29) is 66.7 Å². The van der Waals surface area contributed by atoms with E-state index in [0.29, 0.717) is 24.8 Å². The van der Waals surface area contributed by atoms with Gasteiger partial charge in [0.1, 0.15) is 0 Å². The summed E-state index contributed by atoms with van der Waals surface area (Å²) in [5.74, 6) is -0.658. The first-order chi connectivity index (χ1) is 23.7. The molecule has 0 aliphatic carbocycles. The molecule has 3 fully saturated rings. The third kappa shape index (κ3) is 13.6. The Morgan fingerprint density at radius 3 is 2.36 bits per heavy atom. The number of amides is 2. The molecule has 0 saturated carbocycles. The molecule has 3 heterocycles. The van der Waals surface area contributed by atoms with Gasteiger partial charge >= 0.3 is 0 Å². The quantitative estimate of drug-likeness (QED) is 0.114. The summed E-state index contributed by atoms with van der Waals surface area (Å²) in [5.41, 5.74) is 0.818. The number of nitrogens with one attached hydrogen (secondary N) is 2. The van der Waals surface area contributed by atoms with Gasteiger partial charge in [0, 0.05) is 32.4 Å². The number of ketones is 2. The van der Waals surface area contributed by atoms with Crippen molar-refractivity contribution in [3.63, 3.8) is 0 Å². The molecule has 0 bridgehead atoms. The van der Waals surface area contributed by atoms with Crippen molar-refractivity contribution in [2.45, 2.75) is 168 Å². The summed E-state index contributed by atoms with van der Waals surface area (Å²) in [6.45, 7) is 13.8. The third-order valence-electron chi connectivity index (χ3n) is 11.1. The summed E-state index contributed by atoms with van der Waals surface area (Å²) in [5, 5.41) is 16.4. The van der Waals surface area contributed by atoms with Crippen LogP contribution >= 0.6 is 0 Å². The number of aliphatic hydroxyl groups excluding tert-OH is 1. The average molecular weight is 703 g/mol. The molecule has 50 heavy (non-hydrogen) atoms. The van der Waals surface area contributed by atoms with Gasteiger partial charge in [0.2, 0.25) is 11.8 Å². The summed E-state index contributed by atoms with van der Waals surface area (Å²) in [7, 11) is 0. The highest BCUT2D eigenvalue weighted by Crippen LogP contribution is 2.43. The first-order valence-electron chi connectivity index (χ1n) is 19.3. The van der Waals surface area contributed by atoms with Crippen molar-refractivity contribution in [1.82, 2.24) is 10.6 Å². The van der Waals surface area contributed by atoms with Gasteiger partial charge in [-0.05, 0) is 108 Å². The minimum absolute atomic E-state index is 0.0206. The predicted molar refractivity (Wildman–Crippen MR) is 194 cm³/mol. The minimum Gasteiger partial charge on any atom is -0.390 e. The maximum Gasteiger partial charge on any atom is 0.225 e. The van der Waals surface area contributed by atoms with E-state index in [1.165, 1.54) is 0 Å². The number of hydrogen-bond donors (Lipinski definition) is 3. The Morgan fingerprint density at radius 1 is 0.900 bits per heavy atom. The Bertz CT molecular complexity index is 1190. The molecule has 0 aromatic rings. The van der Waals surface area contributed by atoms with Gasteiger partial charge in [-0.25, -0.2) is 0 Å². The van der Waals surface area contributed by atoms with Gasteiger partial charge in [0.05, 0.1) is 42.9 Å². The van der Waals surface area contributed by atoms with Crippen LogP contribution in [0.2, 0.25) is 0 Å². The monoisotopic (exact) mass is 702 g/mol. The van der Waals surface area contributed by atoms with E-state index in [1.807, 2.05) is 13.8 Å². The molecule has 284 valence electrons. The molecule has 3 saturated heterocycles. The molecule has 10 heteroatoms. The van der Waals surface area contributed by atoms with Crippen LogP contribution < -0.4 is 10.6 Å². The van der Waals surface area contributed by atoms with Crippen molar-refractivity contribution in [2.24, 2.45) is 23.7 Å². The maximum atomic E-state index is 12.8. The molecule has 3 N–H and O–H groups in total. The van der Waals surface area contributed by atoms with Gasteiger partial charge in [-0.1, -0.05) is 39.8 Å². The van der Waals surface area contributed by atoms with Gasteiger partial charge in [-0.2, -0.15) is 0 Å². The van der Waals surface area contributed by atoms with Crippen molar-refractivity contribution < 1.29 is 38.5 Å². The molecule has 10 atom stereocenters. The highest BCUT2D eigenvalue weighted by atomic mass is 16.7. The van der Waals surface area contributed by atoms with Gasteiger partial charge in [0.25, 0.3) is 0 Å². The lowest BCUT2D eigenvalue weighted by Gasteiger charge is -2.48. The zero-order chi connectivity index (χ0) is 36.8. The summed E-state index contributed by atoms with van der Waals surface area (Å²) in [6.07, 6.45) is 14.6. The number of allylic oxidation sites excluding steroid dienone is 4.